The van der Waals surface area contributed by atoms with Crippen LogP contribution in [-0.4, -0.2) is 36.9 Å². The Kier molecular flexibility index (Phi) is 6.19. The lowest BCUT2D eigenvalue weighted by Crippen LogP contribution is -2.04. The van der Waals surface area contributed by atoms with Crippen molar-refractivity contribution in [2.45, 2.75) is 49.7 Å². The van der Waals surface area contributed by atoms with E-state index in [-0.39, 0.29) is 0 Å². The summed E-state index contributed by atoms with van der Waals surface area (Å²) in [6.45, 7) is 6.08. The molecule has 1 N–H and O–H groups in total. The Morgan fingerprint density at radius 2 is 2.10 bits per heavy atom. The average molecular weight is 313 g/mol. The van der Waals surface area contributed by atoms with Crippen molar-refractivity contribution < 1.29 is 0 Å². The summed E-state index contributed by atoms with van der Waals surface area (Å²) in [5.74, 6) is 1.60. The molecule has 0 aliphatic heterocycles. The molecular weight excluding hydrogens is 294 g/mol. The Morgan fingerprint density at radius 1 is 1.20 bits per heavy atom. The highest BCUT2D eigenvalue weighted by atomic mass is 32.2. The number of rotatable bonds is 9. The fraction of sp³-hybridized carbons (Fsp3) is 0.727. The van der Waals surface area contributed by atoms with E-state index in [2.05, 4.69) is 44.9 Å². The summed E-state index contributed by atoms with van der Waals surface area (Å²) in [6.07, 6.45) is 3.34. The van der Waals surface area contributed by atoms with Crippen molar-refractivity contribution in [2.75, 3.05) is 11.9 Å². The van der Waals surface area contributed by atoms with Gasteiger partial charge in [-0.1, -0.05) is 43.4 Å². The van der Waals surface area contributed by atoms with Crippen LogP contribution in [0.1, 0.15) is 38.9 Å². The number of unbranched alkanes of at least 4 members (excludes halogenated alkanes) is 1. The van der Waals surface area contributed by atoms with Gasteiger partial charge in [-0.05, 0) is 23.3 Å². The van der Waals surface area contributed by atoms with Crippen molar-refractivity contribution in [2.24, 2.45) is 0 Å². The molecule has 0 bridgehead atoms. The van der Waals surface area contributed by atoms with E-state index < -0.39 is 0 Å². The Bertz CT molecular complexity index is 510. The van der Waals surface area contributed by atoms with Crippen LogP contribution in [0, 0.1) is 0 Å². The van der Waals surface area contributed by atoms with Gasteiger partial charge < -0.3 is 5.32 Å². The van der Waals surface area contributed by atoms with Crippen LogP contribution >= 0.6 is 23.1 Å². The predicted octanol–water partition coefficient (Wildman–Crippen LogP) is 2.44. The normalized spacial score (nSPS) is 10.9. The minimum Gasteiger partial charge on any atom is -0.360 e. The van der Waals surface area contributed by atoms with E-state index in [4.69, 9.17) is 0 Å². The van der Waals surface area contributed by atoms with E-state index in [9.17, 15) is 0 Å². The number of hydrogen-bond donors (Lipinski definition) is 1. The van der Waals surface area contributed by atoms with Gasteiger partial charge in [0.15, 0.2) is 10.2 Å². The van der Waals surface area contributed by atoms with Gasteiger partial charge in [0.25, 0.3) is 0 Å². The zero-order valence-electron chi connectivity index (χ0n) is 11.7. The molecule has 0 unspecified atom stereocenters. The zero-order chi connectivity index (χ0) is 14.2. The molecule has 7 nitrogen and oxygen atoms in total. The Morgan fingerprint density at radius 3 is 2.90 bits per heavy atom. The molecule has 2 aromatic rings. The fourth-order valence-electron chi connectivity index (χ4n) is 1.55. The molecule has 0 atom stereocenters. The first-order valence-corrected chi connectivity index (χ1v) is 8.59. The summed E-state index contributed by atoms with van der Waals surface area (Å²) in [6, 6.07) is 0. The largest absolute Gasteiger partial charge is 0.360 e. The fourth-order valence-corrected chi connectivity index (χ4v) is 3.26. The van der Waals surface area contributed by atoms with Gasteiger partial charge in [0, 0.05) is 13.1 Å². The molecule has 0 amide bonds. The van der Waals surface area contributed by atoms with Crippen LogP contribution in [0.5, 0.6) is 0 Å². The molecule has 0 aliphatic rings. The van der Waals surface area contributed by atoms with Crippen molar-refractivity contribution in [3.05, 3.63) is 5.82 Å². The Balaban J connectivity index is 1.83. The molecule has 9 heteroatoms. The van der Waals surface area contributed by atoms with Crippen LogP contribution in [0.25, 0.3) is 0 Å². The van der Waals surface area contributed by atoms with Crippen molar-refractivity contribution in [1.29, 1.82) is 0 Å². The molecule has 110 valence electrons. The van der Waals surface area contributed by atoms with Gasteiger partial charge in [0.2, 0.25) is 5.13 Å². The van der Waals surface area contributed by atoms with Gasteiger partial charge in [0.05, 0.1) is 5.75 Å². The highest BCUT2D eigenvalue weighted by Crippen LogP contribution is 2.27. The lowest BCUT2D eigenvalue weighted by Gasteiger charge is -2.00. The van der Waals surface area contributed by atoms with E-state index in [1.54, 1.807) is 23.1 Å². The summed E-state index contributed by atoms with van der Waals surface area (Å²) in [7, 11) is 0. The molecule has 0 radical (unpaired) electrons. The van der Waals surface area contributed by atoms with Crippen LogP contribution in [0.15, 0.2) is 4.34 Å². The van der Waals surface area contributed by atoms with Crippen LogP contribution < -0.4 is 5.32 Å². The van der Waals surface area contributed by atoms with E-state index in [0.29, 0.717) is 0 Å². The number of aromatic nitrogens is 6. The topological polar surface area (TPSA) is 81.4 Å². The van der Waals surface area contributed by atoms with Crippen LogP contribution in [0.2, 0.25) is 0 Å². The minimum atomic E-state index is 0.719. The van der Waals surface area contributed by atoms with Crippen LogP contribution in [0.3, 0.4) is 0 Å². The highest BCUT2D eigenvalue weighted by molar-refractivity contribution is 8.00. The maximum atomic E-state index is 4.16. The summed E-state index contributed by atoms with van der Waals surface area (Å²) in [5.41, 5.74) is 0. The van der Waals surface area contributed by atoms with E-state index in [0.717, 1.165) is 47.0 Å². The van der Waals surface area contributed by atoms with E-state index in [1.165, 1.54) is 6.42 Å². The number of hydrogen-bond acceptors (Lipinski definition) is 8. The molecule has 2 heterocycles. The second kappa shape index (κ2) is 8.15. The Hall–Kier alpha value is -1.22. The molecule has 2 rings (SSSR count). The van der Waals surface area contributed by atoms with Crippen LogP contribution in [0.4, 0.5) is 5.13 Å². The number of thioether (sulfide) groups is 1. The first kappa shape index (κ1) is 15.2. The van der Waals surface area contributed by atoms with E-state index >= 15 is 0 Å². The van der Waals surface area contributed by atoms with Gasteiger partial charge >= 0.3 is 0 Å². The molecule has 2 aromatic heterocycles. The first-order chi connectivity index (χ1) is 9.83. The molecular formula is C11H19N7S2. The third-order valence-corrected chi connectivity index (χ3v) is 4.59. The van der Waals surface area contributed by atoms with Crippen molar-refractivity contribution in [3.63, 3.8) is 0 Å². The van der Waals surface area contributed by atoms with E-state index in [1.807, 2.05) is 4.68 Å². The number of aryl methyl sites for hydroxylation is 1. The molecule has 0 spiro atoms. The second-order valence-corrected chi connectivity index (χ2v) is 6.46. The van der Waals surface area contributed by atoms with Crippen molar-refractivity contribution in [3.8, 4) is 0 Å². The predicted molar refractivity (Wildman–Crippen MR) is 81.0 cm³/mol. The number of tetrazole rings is 1. The molecule has 0 saturated carbocycles. The van der Waals surface area contributed by atoms with Crippen LogP contribution in [-0.2, 0) is 12.3 Å². The monoisotopic (exact) mass is 313 g/mol. The lowest BCUT2D eigenvalue weighted by atomic mass is 10.3. The lowest BCUT2D eigenvalue weighted by molar-refractivity contribution is 0.564. The second-order valence-electron chi connectivity index (χ2n) is 4.26. The maximum Gasteiger partial charge on any atom is 0.206 e. The summed E-state index contributed by atoms with van der Waals surface area (Å²) in [4.78, 5) is 0. The van der Waals surface area contributed by atoms with Gasteiger partial charge in [-0.25, -0.2) is 4.68 Å². The standard InChI is InChI=1S/C11H19N7S2/c1-3-5-6-12-10-14-15-11(20-10)19-8-9-13-16-17-18(9)7-4-2/h3-8H2,1-2H3,(H,12,14). The summed E-state index contributed by atoms with van der Waals surface area (Å²) >= 11 is 3.20. The highest BCUT2D eigenvalue weighted by Gasteiger charge is 2.09. The van der Waals surface area contributed by atoms with Gasteiger partial charge in [-0.15, -0.1) is 15.3 Å². The molecule has 0 saturated heterocycles. The minimum absolute atomic E-state index is 0.719. The maximum absolute atomic E-state index is 4.16. The number of nitrogens with zero attached hydrogens (tertiary/aromatic N) is 6. The molecule has 0 aliphatic carbocycles. The Labute approximate surface area is 126 Å². The van der Waals surface area contributed by atoms with Crippen molar-refractivity contribution in [1.82, 2.24) is 30.4 Å². The number of nitrogens with one attached hydrogen (secondary N) is 1. The first-order valence-electron chi connectivity index (χ1n) is 6.78. The summed E-state index contributed by atoms with van der Waals surface area (Å²) in [5, 5.41) is 24.2. The van der Waals surface area contributed by atoms with Gasteiger partial charge in [0.1, 0.15) is 0 Å². The quantitative estimate of drug-likeness (QED) is 0.562. The van der Waals surface area contributed by atoms with Crippen molar-refractivity contribution >= 4 is 28.2 Å². The SMILES string of the molecule is CCCCNc1nnc(SCc2nnnn2CCC)s1. The molecule has 0 aromatic carbocycles. The summed E-state index contributed by atoms with van der Waals surface area (Å²) < 4.78 is 2.78. The average Bonchev–Trinajstić information content (AvgIpc) is 3.07. The van der Waals surface area contributed by atoms with Gasteiger partial charge in [-0.2, -0.15) is 0 Å². The third kappa shape index (κ3) is 4.41. The number of anilines is 1. The smallest absolute Gasteiger partial charge is 0.206 e. The molecule has 0 fully saturated rings. The molecule has 20 heavy (non-hydrogen) atoms. The van der Waals surface area contributed by atoms with Gasteiger partial charge in [-0.3, -0.25) is 0 Å². The zero-order valence-corrected chi connectivity index (χ0v) is 13.4. The third-order valence-electron chi connectivity index (χ3n) is 2.58.